The van der Waals surface area contributed by atoms with Gasteiger partial charge in [0.2, 0.25) is 0 Å². The van der Waals surface area contributed by atoms with E-state index < -0.39 is 28.4 Å². The predicted molar refractivity (Wildman–Crippen MR) is 77.4 cm³/mol. The van der Waals surface area contributed by atoms with Gasteiger partial charge in [0.1, 0.15) is 5.82 Å². The lowest BCUT2D eigenvalue weighted by atomic mass is 9.92. The third-order valence-electron chi connectivity index (χ3n) is 4.34. The summed E-state index contributed by atoms with van der Waals surface area (Å²) >= 11 is 0. The van der Waals surface area contributed by atoms with Crippen LogP contribution < -0.4 is 0 Å². The van der Waals surface area contributed by atoms with Gasteiger partial charge in [-0.1, -0.05) is 18.1 Å². The van der Waals surface area contributed by atoms with Crippen molar-refractivity contribution in [3.05, 3.63) is 46.8 Å². The van der Waals surface area contributed by atoms with Gasteiger partial charge in [-0.3, -0.25) is 4.21 Å². The topological polar surface area (TPSA) is 17.1 Å². The number of allylic oxidation sites excluding steroid dienone is 1. The zero-order chi connectivity index (χ0) is 15.9. The first-order valence-electron chi connectivity index (χ1n) is 7.29. The van der Waals surface area contributed by atoms with E-state index in [1.807, 2.05) is 6.08 Å². The summed E-state index contributed by atoms with van der Waals surface area (Å²) in [6.45, 7) is 0. The van der Waals surface area contributed by atoms with Crippen LogP contribution in [0.5, 0.6) is 0 Å². The molecule has 1 fully saturated rings. The molecule has 1 nitrogen and oxygen atoms in total. The number of rotatable bonds is 2. The fourth-order valence-electron chi connectivity index (χ4n) is 3.34. The van der Waals surface area contributed by atoms with Gasteiger partial charge in [0, 0.05) is 16.0 Å². The summed E-state index contributed by atoms with van der Waals surface area (Å²) in [6, 6.07) is 2.60. The Morgan fingerprint density at radius 2 is 2.00 bits per heavy atom. The Bertz CT molecular complexity index is 636. The third kappa shape index (κ3) is 3.12. The number of hydrogen-bond donors (Lipinski definition) is 0. The van der Waals surface area contributed by atoms with E-state index in [1.165, 1.54) is 0 Å². The zero-order valence-corrected chi connectivity index (χ0v) is 12.6. The highest BCUT2D eigenvalue weighted by molar-refractivity contribution is 7.86. The van der Waals surface area contributed by atoms with Crippen LogP contribution in [-0.4, -0.2) is 14.7 Å². The second-order valence-electron chi connectivity index (χ2n) is 5.92. The lowest BCUT2D eigenvalue weighted by Crippen LogP contribution is -2.34. The van der Waals surface area contributed by atoms with E-state index in [9.17, 15) is 21.8 Å². The van der Waals surface area contributed by atoms with Gasteiger partial charge in [0.15, 0.2) is 0 Å². The van der Waals surface area contributed by atoms with Crippen molar-refractivity contribution in [3.63, 3.8) is 0 Å². The molecule has 22 heavy (non-hydrogen) atoms. The van der Waals surface area contributed by atoms with E-state index >= 15 is 0 Å². The average molecular weight is 332 g/mol. The second-order valence-corrected chi connectivity index (χ2v) is 7.85. The minimum Gasteiger partial charge on any atom is -0.259 e. The summed E-state index contributed by atoms with van der Waals surface area (Å²) in [5.74, 6) is -0.664. The SMILES string of the molecule is O=S1C2C=C(Cc3cc(F)ccc3C(F)(F)F)CC1CCC2. The van der Waals surface area contributed by atoms with Gasteiger partial charge in [-0.2, -0.15) is 13.2 Å². The smallest absolute Gasteiger partial charge is 0.259 e. The summed E-state index contributed by atoms with van der Waals surface area (Å²) in [4.78, 5) is 0. The predicted octanol–water partition coefficient (Wildman–Crippen LogP) is 4.39. The number of halogens is 4. The highest BCUT2D eigenvalue weighted by atomic mass is 32.2. The number of hydrogen-bond acceptors (Lipinski definition) is 1. The van der Waals surface area contributed by atoms with Crippen molar-refractivity contribution < 1.29 is 21.8 Å². The molecule has 3 rings (SSSR count). The molecule has 2 bridgehead atoms. The van der Waals surface area contributed by atoms with Gasteiger partial charge in [-0.15, -0.1) is 0 Å². The Morgan fingerprint density at radius 3 is 2.68 bits per heavy atom. The maximum absolute atomic E-state index is 13.3. The van der Waals surface area contributed by atoms with Crippen molar-refractivity contribution >= 4 is 10.8 Å². The number of benzene rings is 1. The molecule has 120 valence electrons. The standard InChI is InChI=1S/C16H16F4OS/c17-12-4-5-15(16(18,19)20)11(9-12)6-10-7-13-2-1-3-14(8-10)22(13)21/h4-5,7,9,13-14H,1-3,6,8H2. The molecular weight excluding hydrogens is 316 g/mol. The van der Waals surface area contributed by atoms with E-state index in [2.05, 4.69) is 0 Å². The summed E-state index contributed by atoms with van der Waals surface area (Å²) in [5.41, 5.74) is 0.0292. The second kappa shape index (κ2) is 5.80. The lowest BCUT2D eigenvalue weighted by molar-refractivity contribution is -0.138. The molecule has 1 saturated heterocycles. The Kier molecular flexibility index (Phi) is 4.14. The molecule has 0 saturated carbocycles. The average Bonchev–Trinajstić information content (AvgIpc) is 2.38. The van der Waals surface area contributed by atoms with Gasteiger partial charge >= 0.3 is 6.18 Å². The van der Waals surface area contributed by atoms with E-state index in [1.54, 1.807) is 0 Å². The van der Waals surface area contributed by atoms with Gasteiger partial charge < -0.3 is 0 Å². The third-order valence-corrected chi connectivity index (χ3v) is 6.37. The summed E-state index contributed by atoms with van der Waals surface area (Å²) in [6.07, 6.45) is 0.692. The summed E-state index contributed by atoms with van der Waals surface area (Å²) < 4.78 is 64.6. The molecule has 0 amide bonds. The molecule has 3 unspecified atom stereocenters. The van der Waals surface area contributed by atoms with E-state index in [0.29, 0.717) is 6.42 Å². The quantitative estimate of drug-likeness (QED) is 0.580. The normalized spacial score (nSPS) is 28.4. The van der Waals surface area contributed by atoms with Crippen molar-refractivity contribution in [3.8, 4) is 0 Å². The summed E-state index contributed by atoms with van der Waals surface area (Å²) in [5, 5.41) is -0.00737. The van der Waals surface area contributed by atoms with Crippen molar-refractivity contribution in [1.82, 2.24) is 0 Å². The van der Waals surface area contributed by atoms with Crippen molar-refractivity contribution in [2.24, 2.45) is 0 Å². The number of fused-ring (bicyclic) bond motifs is 2. The fraction of sp³-hybridized carbons (Fsp3) is 0.500. The highest BCUT2D eigenvalue weighted by Crippen LogP contribution is 2.37. The Labute approximate surface area is 128 Å². The Balaban J connectivity index is 1.90. The van der Waals surface area contributed by atoms with Crippen LogP contribution in [0.4, 0.5) is 17.6 Å². The molecule has 0 aromatic heterocycles. The van der Waals surface area contributed by atoms with Gasteiger partial charge in [0.05, 0.1) is 10.8 Å². The van der Waals surface area contributed by atoms with E-state index in [0.717, 1.165) is 43.0 Å². The molecule has 0 spiro atoms. The van der Waals surface area contributed by atoms with Crippen LogP contribution in [0.3, 0.4) is 0 Å². The Hall–Kier alpha value is -1.17. The Morgan fingerprint density at radius 1 is 1.23 bits per heavy atom. The molecule has 3 atom stereocenters. The minimum absolute atomic E-state index is 0.0375. The minimum atomic E-state index is -4.49. The molecule has 2 heterocycles. The van der Waals surface area contributed by atoms with Crippen molar-refractivity contribution in [1.29, 1.82) is 0 Å². The molecule has 0 N–H and O–H groups in total. The lowest BCUT2D eigenvalue weighted by Gasteiger charge is -2.33. The first-order chi connectivity index (χ1) is 10.3. The van der Waals surface area contributed by atoms with Crippen LogP contribution in [0.1, 0.15) is 36.8 Å². The van der Waals surface area contributed by atoms with Crippen LogP contribution in [-0.2, 0) is 23.4 Å². The molecule has 6 heteroatoms. The van der Waals surface area contributed by atoms with Crippen LogP contribution in [0.15, 0.2) is 29.8 Å². The molecule has 2 aliphatic rings. The monoisotopic (exact) mass is 332 g/mol. The van der Waals surface area contributed by atoms with Crippen LogP contribution in [0, 0.1) is 5.82 Å². The molecular formula is C16H16F4OS. The maximum Gasteiger partial charge on any atom is 0.416 e. The van der Waals surface area contributed by atoms with Gasteiger partial charge in [0.25, 0.3) is 0 Å². The van der Waals surface area contributed by atoms with Crippen molar-refractivity contribution in [2.75, 3.05) is 0 Å². The molecule has 0 aliphatic carbocycles. The molecule has 2 aliphatic heterocycles. The van der Waals surface area contributed by atoms with E-state index in [-0.39, 0.29) is 22.5 Å². The highest BCUT2D eigenvalue weighted by Gasteiger charge is 2.36. The molecule has 1 aromatic rings. The van der Waals surface area contributed by atoms with E-state index in [4.69, 9.17) is 0 Å². The van der Waals surface area contributed by atoms with Gasteiger partial charge in [-0.05, 0) is 49.4 Å². The van der Waals surface area contributed by atoms with Crippen LogP contribution >= 0.6 is 0 Å². The van der Waals surface area contributed by atoms with Crippen LogP contribution in [0.2, 0.25) is 0 Å². The zero-order valence-electron chi connectivity index (χ0n) is 11.8. The first kappa shape index (κ1) is 15.7. The van der Waals surface area contributed by atoms with Gasteiger partial charge in [-0.25, -0.2) is 4.39 Å². The first-order valence-corrected chi connectivity index (χ1v) is 8.57. The number of alkyl halides is 3. The van der Waals surface area contributed by atoms with Crippen molar-refractivity contribution in [2.45, 2.75) is 48.8 Å². The fourth-order valence-corrected chi connectivity index (χ4v) is 5.34. The maximum atomic E-state index is 13.3. The largest absolute Gasteiger partial charge is 0.416 e. The molecule has 1 aromatic carbocycles. The summed E-state index contributed by atoms with van der Waals surface area (Å²) in [7, 11) is -0.914. The molecule has 0 radical (unpaired) electrons. The van der Waals surface area contributed by atoms with Crippen LogP contribution in [0.25, 0.3) is 0 Å².